The van der Waals surface area contributed by atoms with Crippen molar-refractivity contribution in [3.8, 4) is 0 Å². The maximum Gasteiger partial charge on any atom is 0.319 e. The van der Waals surface area contributed by atoms with Gasteiger partial charge in [-0.05, 0) is 39.8 Å². The van der Waals surface area contributed by atoms with E-state index in [1.54, 1.807) is 0 Å². The van der Waals surface area contributed by atoms with Crippen LogP contribution in [-0.4, -0.2) is 49.7 Å². The molecule has 16 heavy (non-hydrogen) atoms. The van der Waals surface area contributed by atoms with Crippen molar-refractivity contribution in [3.05, 3.63) is 0 Å². The van der Waals surface area contributed by atoms with Crippen LogP contribution in [0.4, 0.5) is 0 Å². The van der Waals surface area contributed by atoms with Gasteiger partial charge in [-0.2, -0.15) is 0 Å². The Labute approximate surface area is 98.3 Å². The van der Waals surface area contributed by atoms with Crippen molar-refractivity contribution >= 4 is 5.97 Å². The lowest BCUT2D eigenvalue weighted by Gasteiger charge is -2.32. The van der Waals surface area contributed by atoms with E-state index in [0.717, 1.165) is 6.54 Å². The van der Waals surface area contributed by atoms with Crippen LogP contribution in [0.25, 0.3) is 0 Å². The molecule has 0 aliphatic carbocycles. The summed E-state index contributed by atoms with van der Waals surface area (Å²) in [5.74, 6) is -0.159. The highest BCUT2D eigenvalue weighted by Gasteiger charge is 2.16. The second kappa shape index (κ2) is 7.63. The molecule has 1 saturated heterocycles. The zero-order chi connectivity index (χ0) is 11.8. The summed E-state index contributed by atoms with van der Waals surface area (Å²) in [6, 6.07) is 0.509. The van der Waals surface area contributed by atoms with Crippen LogP contribution in [-0.2, 0) is 9.53 Å². The van der Waals surface area contributed by atoms with E-state index in [1.165, 1.54) is 32.4 Å². The molecule has 1 unspecified atom stereocenters. The first-order valence-corrected chi connectivity index (χ1v) is 6.34. The summed E-state index contributed by atoms with van der Waals surface area (Å²) in [6.07, 6.45) is 3.98. The average Bonchev–Trinajstić information content (AvgIpc) is 2.30. The summed E-state index contributed by atoms with van der Waals surface area (Å²) in [5.41, 5.74) is 0. The third-order valence-corrected chi connectivity index (χ3v) is 3.03. The maximum atomic E-state index is 11.1. The molecule has 1 N–H and O–H groups in total. The molecule has 0 saturated carbocycles. The van der Waals surface area contributed by atoms with Crippen molar-refractivity contribution in [2.45, 2.75) is 39.2 Å². The zero-order valence-electron chi connectivity index (χ0n) is 10.5. The minimum Gasteiger partial charge on any atom is -0.465 e. The molecular weight excluding hydrogens is 204 g/mol. The molecular formula is C12H24N2O2. The Morgan fingerprint density at radius 1 is 1.38 bits per heavy atom. The highest BCUT2D eigenvalue weighted by atomic mass is 16.5. The quantitative estimate of drug-likeness (QED) is 0.689. The predicted octanol–water partition coefficient (Wildman–Crippen LogP) is 1.01. The first-order chi connectivity index (χ1) is 7.74. The first kappa shape index (κ1) is 13.5. The van der Waals surface area contributed by atoms with Crippen molar-refractivity contribution in [2.75, 3.05) is 32.8 Å². The number of likely N-dealkylation sites (tertiary alicyclic amines) is 1. The van der Waals surface area contributed by atoms with Gasteiger partial charge in [0.05, 0.1) is 13.2 Å². The Bertz CT molecular complexity index is 203. The smallest absolute Gasteiger partial charge is 0.319 e. The summed E-state index contributed by atoms with van der Waals surface area (Å²) >= 11 is 0. The van der Waals surface area contributed by atoms with E-state index in [4.69, 9.17) is 4.74 Å². The largest absolute Gasteiger partial charge is 0.465 e. The SMILES string of the molecule is CCOC(=O)CNCC(C)N1CCCCC1. The molecule has 1 aliphatic rings. The van der Waals surface area contributed by atoms with Crippen LogP contribution < -0.4 is 5.32 Å². The van der Waals surface area contributed by atoms with Crippen molar-refractivity contribution in [1.29, 1.82) is 0 Å². The summed E-state index contributed by atoms with van der Waals surface area (Å²) in [7, 11) is 0. The van der Waals surface area contributed by atoms with Crippen LogP contribution in [0.3, 0.4) is 0 Å². The third kappa shape index (κ3) is 4.94. The van der Waals surface area contributed by atoms with E-state index >= 15 is 0 Å². The van der Waals surface area contributed by atoms with Crippen molar-refractivity contribution < 1.29 is 9.53 Å². The fraction of sp³-hybridized carbons (Fsp3) is 0.917. The van der Waals surface area contributed by atoms with Gasteiger partial charge in [-0.15, -0.1) is 0 Å². The molecule has 1 rings (SSSR count). The molecule has 0 aromatic carbocycles. The standard InChI is InChI=1S/C12H24N2O2/c1-3-16-12(15)10-13-9-11(2)14-7-5-4-6-8-14/h11,13H,3-10H2,1-2H3. The van der Waals surface area contributed by atoms with Crippen LogP contribution >= 0.6 is 0 Å². The van der Waals surface area contributed by atoms with Crippen molar-refractivity contribution in [3.63, 3.8) is 0 Å². The Morgan fingerprint density at radius 3 is 2.69 bits per heavy atom. The Hall–Kier alpha value is -0.610. The minimum absolute atomic E-state index is 0.159. The highest BCUT2D eigenvalue weighted by molar-refractivity contribution is 5.71. The fourth-order valence-corrected chi connectivity index (χ4v) is 2.08. The lowest BCUT2D eigenvalue weighted by atomic mass is 10.1. The summed E-state index contributed by atoms with van der Waals surface area (Å²) in [6.45, 7) is 8.08. The Balaban J connectivity index is 2.09. The lowest BCUT2D eigenvalue weighted by Crippen LogP contribution is -2.44. The molecule has 0 amide bonds. The summed E-state index contributed by atoms with van der Waals surface area (Å²) in [5, 5.41) is 3.15. The second-order valence-corrected chi connectivity index (χ2v) is 4.38. The molecule has 1 aliphatic heterocycles. The number of hydrogen-bond acceptors (Lipinski definition) is 4. The molecule has 0 spiro atoms. The van der Waals surface area contributed by atoms with E-state index in [9.17, 15) is 4.79 Å². The summed E-state index contributed by atoms with van der Waals surface area (Å²) in [4.78, 5) is 13.6. The minimum atomic E-state index is -0.159. The van der Waals surface area contributed by atoms with Gasteiger partial charge in [0, 0.05) is 12.6 Å². The number of rotatable bonds is 6. The number of ether oxygens (including phenoxy) is 1. The number of piperidine rings is 1. The number of nitrogens with zero attached hydrogens (tertiary/aromatic N) is 1. The van der Waals surface area contributed by atoms with E-state index in [2.05, 4.69) is 17.1 Å². The van der Waals surface area contributed by atoms with Crippen molar-refractivity contribution in [2.24, 2.45) is 0 Å². The number of carbonyl (C=O) groups excluding carboxylic acids is 1. The van der Waals surface area contributed by atoms with Gasteiger partial charge in [-0.3, -0.25) is 9.69 Å². The van der Waals surface area contributed by atoms with Gasteiger partial charge in [0.15, 0.2) is 0 Å². The molecule has 1 atom stereocenters. The Morgan fingerprint density at radius 2 is 2.06 bits per heavy atom. The van der Waals surface area contributed by atoms with E-state index in [-0.39, 0.29) is 5.97 Å². The molecule has 94 valence electrons. The topological polar surface area (TPSA) is 41.6 Å². The molecule has 0 bridgehead atoms. The molecule has 0 radical (unpaired) electrons. The van der Waals surface area contributed by atoms with E-state index in [0.29, 0.717) is 19.2 Å². The van der Waals surface area contributed by atoms with Crippen LogP contribution in [0.5, 0.6) is 0 Å². The van der Waals surface area contributed by atoms with Gasteiger partial charge >= 0.3 is 5.97 Å². The molecule has 4 heteroatoms. The number of nitrogens with one attached hydrogen (secondary N) is 1. The summed E-state index contributed by atoms with van der Waals surface area (Å²) < 4.78 is 4.85. The first-order valence-electron chi connectivity index (χ1n) is 6.34. The van der Waals surface area contributed by atoms with Gasteiger partial charge in [0.2, 0.25) is 0 Å². The number of carbonyl (C=O) groups is 1. The lowest BCUT2D eigenvalue weighted by molar-refractivity contribution is -0.142. The Kier molecular flexibility index (Phi) is 6.42. The normalized spacial score (nSPS) is 19.4. The maximum absolute atomic E-state index is 11.1. The number of esters is 1. The predicted molar refractivity (Wildman–Crippen MR) is 64.4 cm³/mol. The van der Waals surface area contributed by atoms with Crippen LogP contribution in [0, 0.1) is 0 Å². The molecule has 1 heterocycles. The third-order valence-electron chi connectivity index (χ3n) is 3.03. The van der Waals surface area contributed by atoms with Gasteiger partial charge in [-0.25, -0.2) is 0 Å². The fourth-order valence-electron chi connectivity index (χ4n) is 2.08. The van der Waals surface area contributed by atoms with Gasteiger partial charge in [-0.1, -0.05) is 6.42 Å². The monoisotopic (exact) mass is 228 g/mol. The number of hydrogen-bond donors (Lipinski definition) is 1. The van der Waals surface area contributed by atoms with Gasteiger partial charge in [0.25, 0.3) is 0 Å². The van der Waals surface area contributed by atoms with Crippen LogP contribution in [0.2, 0.25) is 0 Å². The van der Waals surface area contributed by atoms with Crippen molar-refractivity contribution in [1.82, 2.24) is 10.2 Å². The van der Waals surface area contributed by atoms with Gasteiger partial charge < -0.3 is 10.1 Å². The van der Waals surface area contributed by atoms with Gasteiger partial charge in [0.1, 0.15) is 0 Å². The molecule has 0 aromatic rings. The molecule has 4 nitrogen and oxygen atoms in total. The van der Waals surface area contributed by atoms with E-state index in [1.807, 2.05) is 6.92 Å². The van der Waals surface area contributed by atoms with Crippen LogP contribution in [0.15, 0.2) is 0 Å². The zero-order valence-corrected chi connectivity index (χ0v) is 10.5. The highest BCUT2D eigenvalue weighted by Crippen LogP contribution is 2.11. The second-order valence-electron chi connectivity index (χ2n) is 4.38. The van der Waals surface area contributed by atoms with Crippen LogP contribution in [0.1, 0.15) is 33.1 Å². The van der Waals surface area contributed by atoms with E-state index < -0.39 is 0 Å². The molecule has 0 aromatic heterocycles. The molecule has 1 fully saturated rings. The average molecular weight is 228 g/mol.